The van der Waals surface area contributed by atoms with Crippen LogP contribution in [0.1, 0.15) is 17.5 Å². The zero-order valence-corrected chi connectivity index (χ0v) is 12.6. The Kier molecular flexibility index (Phi) is 4.89. The van der Waals surface area contributed by atoms with Crippen molar-refractivity contribution in [3.05, 3.63) is 28.3 Å². The van der Waals surface area contributed by atoms with Crippen molar-refractivity contribution in [1.29, 1.82) is 0 Å². The van der Waals surface area contributed by atoms with Gasteiger partial charge in [0, 0.05) is 30.6 Å². The first-order valence-electron chi connectivity index (χ1n) is 6.79. The maximum Gasteiger partial charge on any atom is 0.260 e. The van der Waals surface area contributed by atoms with E-state index in [1.165, 1.54) is 0 Å². The highest BCUT2D eigenvalue weighted by molar-refractivity contribution is 6.32. The molecule has 5 heteroatoms. The Morgan fingerprint density at radius 3 is 2.65 bits per heavy atom. The van der Waals surface area contributed by atoms with E-state index in [1.54, 1.807) is 4.90 Å². The minimum Gasteiger partial charge on any atom is -0.484 e. The van der Waals surface area contributed by atoms with Gasteiger partial charge in [-0.25, -0.2) is 0 Å². The predicted molar refractivity (Wildman–Crippen MR) is 78.2 cm³/mol. The summed E-state index contributed by atoms with van der Waals surface area (Å²) in [5, 5.41) is 9.81. The van der Waals surface area contributed by atoms with Gasteiger partial charge in [-0.05, 0) is 43.5 Å². The van der Waals surface area contributed by atoms with Gasteiger partial charge in [-0.2, -0.15) is 0 Å². The molecule has 1 amide bonds. The SMILES string of the molecule is Cc1cc(OCC(=O)N2CCC(CO)C2)cc(C)c1Cl. The summed E-state index contributed by atoms with van der Waals surface area (Å²) in [6.07, 6.45) is 0.863. The molecule has 1 aliphatic rings. The lowest BCUT2D eigenvalue weighted by atomic mass is 10.1. The van der Waals surface area contributed by atoms with Crippen molar-refractivity contribution in [2.45, 2.75) is 20.3 Å². The zero-order valence-electron chi connectivity index (χ0n) is 11.9. The molecule has 1 atom stereocenters. The first-order valence-corrected chi connectivity index (χ1v) is 7.17. The first kappa shape index (κ1) is 15.1. The summed E-state index contributed by atoms with van der Waals surface area (Å²) >= 11 is 6.09. The Labute approximate surface area is 124 Å². The third kappa shape index (κ3) is 3.44. The van der Waals surface area contributed by atoms with E-state index in [-0.39, 0.29) is 25.0 Å². The molecule has 1 aromatic carbocycles. The lowest BCUT2D eigenvalue weighted by Gasteiger charge is -2.17. The van der Waals surface area contributed by atoms with Gasteiger partial charge in [0.25, 0.3) is 5.91 Å². The van der Waals surface area contributed by atoms with Crippen molar-refractivity contribution in [2.75, 3.05) is 26.3 Å². The Bertz CT molecular complexity index is 481. The van der Waals surface area contributed by atoms with Gasteiger partial charge < -0.3 is 14.7 Å². The maximum atomic E-state index is 12.0. The fourth-order valence-corrected chi connectivity index (χ4v) is 2.54. The van der Waals surface area contributed by atoms with Gasteiger partial charge in [-0.3, -0.25) is 4.79 Å². The van der Waals surface area contributed by atoms with Crippen LogP contribution in [0.2, 0.25) is 5.02 Å². The number of hydrogen-bond acceptors (Lipinski definition) is 3. The summed E-state index contributed by atoms with van der Waals surface area (Å²) in [5.74, 6) is 0.834. The van der Waals surface area contributed by atoms with E-state index in [9.17, 15) is 4.79 Å². The molecular formula is C15H20ClNO3. The molecule has 0 radical (unpaired) electrons. The normalized spacial score (nSPS) is 18.4. The van der Waals surface area contributed by atoms with Crippen LogP contribution in [0.3, 0.4) is 0 Å². The number of ether oxygens (including phenoxy) is 1. The van der Waals surface area contributed by atoms with Crippen molar-refractivity contribution in [2.24, 2.45) is 5.92 Å². The number of aliphatic hydroxyl groups is 1. The van der Waals surface area contributed by atoms with E-state index < -0.39 is 0 Å². The summed E-state index contributed by atoms with van der Waals surface area (Å²) in [4.78, 5) is 13.8. The smallest absolute Gasteiger partial charge is 0.260 e. The second-order valence-electron chi connectivity index (χ2n) is 5.34. The Balaban J connectivity index is 1.91. The van der Waals surface area contributed by atoms with Crippen LogP contribution in [0, 0.1) is 19.8 Å². The highest BCUT2D eigenvalue weighted by Crippen LogP contribution is 2.26. The number of nitrogens with zero attached hydrogens (tertiary/aromatic N) is 1. The predicted octanol–water partition coefficient (Wildman–Crippen LogP) is 2.18. The number of rotatable bonds is 4. The highest BCUT2D eigenvalue weighted by atomic mass is 35.5. The molecule has 1 aliphatic heterocycles. The summed E-state index contributed by atoms with van der Waals surface area (Å²) in [7, 11) is 0. The lowest BCUT2D eigenvalue weighted by molar-refractivity contribution is -0.132. The van der Waals surface area contributed by atoms with Crippen LogP contribution in [0.15, 0.2) is 12.1 Å². The highest BCUT2D eigenvalue weighted by Gasteiger charge is 2.25. The maximum absolute atomic E-state index is 12.0. The van der Waals surface area contributed by atoms with E-state index >= 15 is 0 Å². The van der Waals surface area contributed by atoms with E-state index in [2.05, 4.69) is 0 Å². The summed E-state index contributed by atoms with van der Waals surface area (Å²) in [6, 6.07) is 3.67. The number of halogens is 1. The molecule has 0 aromatic heterocycles. The largest absolute Gasteiger partial charge is 0.484 e. The average molecular weight is 298 g/mol. The second kappa shape index (κ2) is 6.46. The molecule has 1 heterocycles. The molecular weight excluding hydrogens is 278 g/mol. The van der Waals surface area contributed by atoms with Crippen LogP contribution < -0.4 is 4.74 Å². The standard InChI is InChI=1S/C15H20ClNO3/c1-10-5-13(6-11(2)15(10)16)20-9-14(19)17-4-3-12(7-17)8-18/h5-6,12,18H,3-4,7-9H2,1-2H3. The van der Waals surface area contributed by atoms with Crippen LogP contribution in [-0.2, 0) is 4.79 Å². The van der Waals surface area contributed by atoms with Crippen molar-refractivity contribution in [3.8, 4) is 5.75 Å². The van der Waals surface area contributed by atoms with Gasteiger partial charge in [-0.1, -0.05) is 11.6 Å². The summed E-state index contributed by atoms with van der Waals surface area (Å²) in [5.41, 5.74) is 1.88. The average Bonchev–Trinajstić information content (AvgIpc) is 2.91. The lowest BCUT2D eigenvalue weighted by Crippen LogP contribution is -2.33. The molecule has 0 spiro atoms. The van der Waals surface area contributed by atoms with E-state index in [0.29, 0.717) is 18.8 Å². The molecule has 4 nitrogen and oxygen atoms in total. The van der Waals surface area contributed by atoms with Gasteiger partial charge in [0.15, 0.2) is 6.61 Å². The van der Waals surface area contributed by atoms with Crippen molar-refractivity contribution in [3.63, 3.8) is 0 Å². The van der Waals surface area contributed by atoms with Crippen molar-refractivity contribution < 1.29 is 14.6 Å². The number of carbonyl (C=O) groups excluding carboxylic acids is 1. The molecule has 1 aromatic rings. The third-order valence-electron chi connectivity index (χ3n) is 3.67. The number of aliphatic hydroxyl groups excluding tert-OH is 1. The Morgan fingerprint density at radius 1 is 1.45 bits per heavy atom. The molecule has 20 heavy (non-hydrogen) atoms. The molecule has 0 saturated carbocycles. The quantitative estimate of drug-likeness (QED) is 0.927. The number of hydrogen-bond donors (Lipinski definition) is 1. The monoisotopic (exact) mass is 297 g/mol. The van der Waals surface area contributed by atoms with Crippen LogP contribution in [0.4, 0.5) is 0 Å². The molecule has 110 valence electrons. The minimum atomic E-state index is -0.0359. The van der Waals surface area contributed by atoms with Crippen molar-refractivity contribution in [1.82, 2.24) is 4.90 Å². The van der Waals surface area contributed by atoms with E-state index in [1.807, 2.05) is 26.0 Å². The first-order chi connectivity index (χ1) is 9.51. The van der Waals surface area contributed by atoms with Gasteiger partial charge >= 0.3 is 0 Å². The number of aryl methyl sites for hydroxylation is 2. The van der Waals surface area contributed by atoms with E-state index in [4.69, 9.17) is 21.4 Å². The van der Waals surface area contributed by atoms with Crippen LogP contribution in [-0.4, -0.2) is 42.2 Å². The molecule has 1 saturated heterocycles. The third-order valence-corrected chi connectivity index (χ3v) is 4.27. The molecule has 1 fully saturated rings. The van der Waals surface area contributed by atoms with Gasteiger partial charge in [0.2, 0.25) is 0 Å². The fourth-order valence-electron chi connectivity index (χ4n) is 2.43. The topological polar surface area (TPSA) is 49.8 Å². The Hall–Kier alpha value is -1.26. The molecule has 1 unspecified atom stereocenters. The fraction of sp³-hybridized carbons (Fsp3) is 0.533. The minimum absolute atomic E-state index is 0.0264. The van der Waals surface area contributed by atoms with Crippen LogP contribution in [0.25, 0.3) is 0 Å². The molecule has 1 N–H and O–H groups in total. The van der Waals surface area contributed by atoms with Gasteiger partial charge in [0.1, 0.15) is 5.75 Å². The number of benzene rings is 1. The van der Waals surface area contributed by atoms with Crippen molar-refractivity contribution >= 4 is 17.5 Å². The number of amides is 1. The van der Waals surface area contributed by atoms with Gasteiger partial charge in [-0.15, -0.1) is 0 Å². The zero-order chi connectivity index (χ0) is 14.7. The van der Waals surface area contributed by atoms with Crippen LogP contribution >= 0.6 is 11.6 Å². The van der Waals surface area contributed by atoms with Gasteiger partial charge in [0.05, 0.1) is 0 Å². The summed E-state index contributed by atoms with van der Waals surface area (Å²) in [6.45, 7) is 5.31. The van der Waals surface area contributed by atoms with E-state index in [0.717, 1.165) is 22.6 Å². The van der Waals surface area contributed by atoms with Crippen LogP contribution in [0.5, 0.6) is 5.75 Å². The molecule has 0 aliphatic carbocycles. The number of carbonyl (C=O) groups is 1. The molecule has 0 bridgehead atoms. The molecule has 2 rings (SSSR count). The summed E-state index contributed by atoms with van der Waals surface area (Å²) < 4.78 is 5.55. The Morgan fingerprint density at radius 2 is 2.10 bits per heavy atom. The second-order valence-corrected chi connectivity index (χ2v) is 5.71. The number of likely N-dealkylation sites (tertiary alicyclic amines) is 1.